The van der Waals surface area contributed by atoms with Gasteiger partial charge in [0.15, 0.2) is 0 Å². The quantitative estimate of drug-likeness (QED) is 0.811. The fraction of sp³-hybridized carbons (Fsp3) is 0.667. The van der Waals surface area contributed by atoms with E-state index in [1.54, 1.807) is 0 Å². The standard InChI is InChI=1S/C18H27NO2/c1-13-3-2-4-18(7-13)21-12-17(20)11-19-10-16-9-14-5-6-15(16)8-14/h2-4,7,14-17,19-20H,5-6,8-12H2,1H3. The molecule has 0 aromatic heterocycles. The molecule has 3 heteroatoms. The van der Waals surface area contributed by atoms with E-state index in [0.717, 1.165) is 30.0 Å². The first-order valence-corrected chi connectivity index (χ1v) is 8.29. The van der Waals surface area contributed by atoms with Crippen molar-refractivity contribution in [3.8, 4) is 5.75 Å². The summed E-state index contributed by atoms with van der Waals surface area (Å²) < 4.78 is 5.63. The van der Waals surface area contributed by atoms with Crippen LogP contribution in [0.15, 0.2) is 24.3 Å². The van der Waals surface area contributed by atoms with Crippen LogP contribution in [0.3, 0.4) is 0 Å². The van der Waals surface area contributed by atoms with Crippen LogP contribution in [0.25, 0.3) is 0 Å². The van der Waals surface area contributed by atoms with Gasteiger partial charge in [0.05, 0.1) is 0 Å². The van der Waals surface area contributed by atoms with E-state index in [4.69, 9.17) is 4.74 Å². The predicted molar refractivity (Wildman–Crippen MR) is 84.5 cm³/mol. The van der Waals surface area contributed by atoms with Crippen LogP contribution >= 0.6 is 0 Å². The van der Waals surface area contributed by atoms with Crippen molar-refractivity contribution in [1.82, 2.24) is 5.32 Å². The molecular weight excluding hydrogens is 262 g/mol. The zero-order valence-corrected chi connectivity index (χ0v) is 12.9. The third-order valence-electron chi connectivity index (χ3n) is 5.10. The maximum Gasteiger partial charge on any atom is 0.119 e. The van der Waals surface area contributed by atoms with Gasteiger partial charge in [0.25, 0.3) is 0 Å². The Labute approximate surface area is 127 Å². The molecule has 116 valence electrons. The van der Waals surface area contributed by atoms with Crippen LogP contribution in [0.1, 0.15) is 31.2 Å². The van der Waals surface area contributed by atoms with Crippen LogP contribution in [-0.4, -0.2) is 30.9 Å². The highest BCUT2D eigenvalue weighted by Crippen LogP contribution is 2.47. The Morgan fingerprint density at radius 3 is 2.95 bits per heavy atom. The monoisotopic (exact) mass is 289 g/mol. The molecule has 0 saturated heterocycles. The average Bonchev–Trinajstić information content (AvgIpc) is 3.08. The molecule has 3 nitrogen and oxygen atoms in total. The molecule has 0 amide bonds. The highest BCUT2D eigenvalue weighted by atomic mass is 16.5. The molecule has 0 heterocycles. The molecule has 2 N–H and O–H groups in total. The molecule has 1 aromatic rings. The van der Waals surface area contributed by atoms with Gasteiger partial charge in [0, 0.05) is 6.54 Å². The fourth-order valence-electron chi connectivity index (χ4n) is 4.02. The Morgan fingerprint density at radius 1 is 1.33 bits per heavy atom. The minimum absolute atomic E-state index is 0.354. The number of aryl methyl sites for hydroxylation is 1. The maximum atomic E-state index is 10.00. The van der Waals surface area contributed by atoms with E-state index >= 15 is 0 Å². The van der Waals surface area contributed by atoms with E-state index < -0.39 is 6.10 Å². The van der Waals surface area contributed by atoms with Crippen LogP contribution in [-0.2, 0) is 0 Å². The normalized spacial score (nSPS) is 28.8. The second-order valence-electron chi connectivity index (χ2n) is 6.87. The Bertz CT molecular complexity index is 462. The molecule has 1 aromatic carbocycles. The number of benzene rings is 1. The minimum Gasteiger partial charge on any atom is -0.491 e. The van der Waals surface area contributed by atoms with Crippen LogP contribution in [0.4, 0.5) is 0 Å². The summed E-state index contributed by atoms with van der Waals surface area (Å²) in [6.07, 6.45) is 5.28. The largest absolute Gasteiger partial charge is 0.491 e. The summed E-state index contributed by atoms with van der Waals surface area (Å²) >= 11 is 0. The first-order valence-electron chi connectivity index (χ1n) is 8.29. The van der Waals surface area contributed by atoms with Crippen molar-refractivity contribution in [2.75, 3.05) is 19.7 Å². The van der Waals surface area contributed by atoms with Crippen LogP contribution in [0, 0.1) is 24.7 Å². The average molecular weight is 289 g/mol. The van der Waals surface area contributed by atoms with Crippen molar-refractivity contribution in [2.45, 2.75) is 38.7 Å². The van der Waals surface area contributed by atoms with Crippen LogP contribution in [0.2, 0.25) is 0 Å². The van der Waals surface area contributed by atoms with Crippen molar-refractivity contribution in [1.29, 1.82) is 0 Å². The van der Waals surface area contributed by atoms with Gasteiger partial charge in [-0.1, -0.05) is 18.6 Å². The summed E-state index contributed by atoms with van der Waals surface area (Å²) in [6, 6.07) is 7.95. The summed E-state index contributed by atoms with van der Waals surface area (Å²) in [4.78, 5) is 0. The summed E-state index contributed by atoms with van der Waals surface area (Å²) in [5.41, 5.74) is 1.18. The lowest BCUT2D eigenvalue weighted by atomic mass is 9.89. The molecule has 0 aliphatic heterocycles. The number of aliphatic hydroxyl groups is 1. The second-order valence-corrected chi connectivity index (χ2v) is 6.87. The first-order chi connectivity index (χ1) is 10.2. The number of rotatable bonds is 7. The summed E-state index contributed by atoms with van der Waals surface area (Å²) in [5, 5.41) is 13.4. The number of hydrogen-bond donors (Lipinski definition) is 2. The molecule has 2 fully saturated rings. The van der Waals surface area contributed by atoms with Gasteiger partial charge >= 0.3 is 0 Å². The number of aliphatic hydroxyl groups excluding tert-OH is 1. The molecule has 4 atom stereocenters. The number of nitrogens with one attached hydrogen (secondary N) is 1. The lowest BCUT2D eigenvalue weighted by molar-refractivity contribution is 0.104. The maximum absolute atomic E-state index is 10.00. The summed E-state index contributed by atoms with van der Waals surface area (Å²) in [5.74, 6) is 3.62. The van der Waals surface area contributed by atoms with E-state index in [-0.39, 0.29) is 0 Å². The molecule has 21 heavy (non-hydrogen) atoms. The predicted octanol–water partition coefficient (Wildman–Crippen LogP) is 2.76. The van der Waals surface area contributed by atoms with Gasteiger partial charge in [-0.25, -0.2) is 0 Å². The molecule has 3 rings (SSSR count). The third-order valence-corrected chi connectivity index (χ3v) is 5.10. The fourth-order valence-corrected chi connectivity index (χ4v) is 4.02. The van der Waals surface area contributed by atoms with E-state index in [9.17, 15) is 5.11 Å². The van der Waals surface area contributed by atoms with E-state index in [2.05, 4.69) is 5.32 Å². The lowest BCUT2D eigenvalue weighted by Crippen LogP contribution is -2.35. The molecule has 0 radical (unpaired) electrons. The summed E-state index contributed by atoms with van der Waals surface area (Å²) in [6.45, 7) is 4.08. The van der Waals surface area contributed by atoms with Gasteiger partial charge in [-0.2, -0.15) is 0 Å². The van der Waals surface area contributed by atoms with E-state index in [1.807, 2.05) is 31.2 Å². The third kappa shape index (κ3) is 3.98. The molecule has 2 aliphatic rings. The molecule has 2 aliphatic carbocycles. The topological polar surface area (TPSA) is 41.5 Å². The first kappa shape index (κ1) is 14.9. The second kappa shape index (κ2) is 6.80. The summed E-state index contributed by atoms with van der Waals surface area (Å²) in [7, 11) is 0. The number of fused-ring (bicyclic) bond motifs is 2. The van der Waals surface area contributed by atoms with Crippen LogP contribution < -0.4 is 10.1 Å². The Hall–Kier alpha value is -1.06. The van der Waals surface area contributed by atoms with Crippen molar-refractivity contribution < 1.29 is 9.84 Å². The minimum atomic E-state index is -0.441. The van der Waals surface area contributed by atoms with Crippen molar-refractivity contribution >= 4 is 0 Å². The van der Waals surface area contributed by atoms with Gasteiger partial charge in [0.1, 0.15) is 18.5 Å². The van der Waals surface area contributed by atoms with Gasteiger partial charge in [-0.3, -0.25) is 0 Å². The number of hydrogen-bond acceptors (Lipinski definition) is 3. The highest BCUT2D eigenvalue weighted by molar-refractivity contribution is 5.27. The zero-order chi connectivity index (χ0) is 14.7. The molecular formula is C18H27NO2. The van der Waals surface area contributed by atoms with Gasteiger partial charge in [-0.05, 0) is 68.2 Å². The van der Waals surface area contributed by atoms with Gasteiger partial charge in [0.2, 0.25) is 0 Å². The van der Waals surface area contributed by atoms with E-state index in [0.29, 0.717) is 13.2 Å². The SMILES string of the molecule is Cc1cccc(OCC(O)CNCC2CC3CCC2C3)c1. The smallest absolute Gasteiger partial charge is 0.119 e. The van der Waals surface area contributed by atoms with Crippen LogP contribution in [0.5, 0.6) is 5.75 Å². The Balaban J connectivity index is 1.32. The Morgan fingerprint density at radius 2 is 2.24 bits per heavy atom. The molecule has 2 saturated carbocycles. The van der Waals surface area contributed by atoms with Gasteiger partial charge in [-0.15, -0.1) is 0 Å². The lowest BCUT2D eigenvalue weighted by Gasteiger charge is -2.22. The molecule has 0 spiro atoms. The van der Waals surface area contributed by atoms with Crippen molar-refractivity contribution in [3.05, 3.63) is 29.8 Å². The highest BCUT2D eigenvalue weighted by Gasteiger charge is 2.38. The Kier molecular flexibility index (Phi) is 4.81. The van der Waals surface area contributed by atoms with Crippen molar-refractivity contribution in [2.24, 2.45) is 17.8 Å². The number of ether oxygens (including phenoxy) is 1. The molecule has 2 bridgehead atoms. The zero-order valence-electron chi connectivity index (χ0n) is 12.9. The molecule has 4 unspecified atom stereocenters. The van der Waals surface area contributed by atoms with Crippen molar-refractivity contribution in [3.63, 3.8) is 0 Å². The van der Waals surface area contributed by atoms with Gasteiger partial charge < -0.3 is 15.2 Å². The van der Waals surface area contributed by atoms with E-state index in [1.165, 1.54) is 31.2 Å².